The summed E-state index contributed by atoms with van der Waals surface area (Å²) in [6.45, 7) is 9.73. The summed E-state index contributed by atoms with van der Waals surface area (Å²) in [7, 11) is 0. The largest absolute Gasteiger partial charge is 0.379 e. The highest BCUT2D eigenvalue weighted by molar-refractivity contribution is 5.96. The molecular weight excluding hydrogens is 354 g/mol. The lowest BCUT2D eigenvalue weighted by Crippen LogP contribution is -2.46. The minimum atomic E-state index is 0.0974. The van der Waals surface area contributed by atoms with Gasteiger partial charge in [0.25, 0.3) is 5.91 Å². The van der Waals surface area contributed by atoms with Gasteiger partial charge in [-0.15, -0.1) is 0 Å². The summed E-state index contributed by atoms with van der Waals surface area (Å²) in [4.78, 5) is 26.8. The Labute approximate surface area is 166 Å². The summed E-state index contributed by atoms with van der Waals surface area (Å²) in [5, 5.41) is 0. The Balaban J connectivity index is 1.47. The number of amides is 1. The molecule has 2 aliphatic heterocycles. The number of nitrogens with zero attached hydrogens (tertiary/aromatic N) is 5. The van der Waals surface area contributed by atoms with Crippen LogP contribution in [0.3, 0.4) is 0 Å². The second-order valence-corrected chi connectivity index (χ2v) is 8.20. The fourth-order valence-corrected chi connectivity index (χ4v) is 4.30. The van der Waals surface area contributed by atoms with Gasteiger partial charge < -0.3 is 14.2 Å². The molecule has 0 saturated carbocycles. The maximum Gasteiger partial charge on any atom is 0.255 e. The molecule has 1 atom stereocenters. The van der Waals surface area contributed by atoms with Crippen LogP contribution in [0.5, 0.6) is 0 Å². The lowest BCUT2D eigenvalue weighted by atomic mass is 9.98. The molecule has 1 amide bonds. The molecule has 0 bridgehead atoms. The molecule has 2 aromatic heterocycles. The third-order valence-corrected chi connectivity index (χ3v) is 5.99. The Morgan fingerprint density at radius 3 is 2.82 bits per heavy atom. The van der Waals surface area contributed by atoms with Gasteiger partial charge in [0.05, 0.1) is 25.1 Å². The van der Waals surface area contributed by atoms with Gasteiger partial charge in [0.2, 0.25) is 0 Å². The van der Waals surface area contributed by atoms with Crippen LogP contribution in [0.4, 0.5) is 0 Å². The van der Waals surface area contributed by atoms with Gasteiger partial charge in [0.15, 0.2) is 5.65 Å². The molecule has 1 unspecified atom stereocenters. The number of ether oxygens (including phenoxy) is 1. The summed E-state index contributed by atoms with van der Waals surface area (Å²) in [6, 6.07) is 2.51. The lowest BCUT2D eigenvalue weighted by Gasteiger charge is -2.37. The van der Waals surface area contributed by atoms with E-state index in [0.29, 0.717) is 17.6 Å². The van der Waals surface area contributed by atoms with Crippen LogP contribution in [0.2, 0.25) is 0 Å². The Hall–Kier alpha value is -1.99. The summed E-state index contributed by atoms with van der Waals surface area (Å²) < 4.78 is 7.48. The van der Waals surface area contributed by atoms with Gasteiger partial charge >= 0.3 is 0 Å². The molecule has 7 heteroatoms. The maximum absolute atomic E-state index is 13.3. The molecule has 2 aliphatic rings. The number of fused-ring (bicyclic) bond motifs is 1. The Bertz CT molecular complexity index is 812. The number of carbonyl (C=O) groups is 1. The van der Waals surface area contributed by atoms with Crippen molar-refractivity contribution in [3.63, 3.8) is 0 Å². The Morgan fingerprint density at radius 2 is 2.04 bits per heavy atom. The van der Waals surface area contributed by atoms with Crippen molar-refractivity contribution in [3.05, 3.63) is 24.2 Å². The molecule has 0 aromatic carbocycles. The van der Waals surface area contributed by atoms with Crippen molar-refractivity contribution in [2.75, 3.05) is 39.4 Å². The van der Waals surface area contributed by atoms with Crippen LogP contribution in [0.15, 0.2) is 18.6 Å². The zero-order chi connectivity index (χ0) is 19.5. The third-order valence-electron chi connectivity index (χ3n) is 5.99. The molecule has 0 N–H and O–H groups in total. The van der Waals surface area contributed by atoms with E-state index in [9.17, 15) is 4.79 Å². The van der Waals surface area contributed by atoms with Crippen molar-refractivity contribution in [1.82, 2.24) is 24.3 Å². The minimum absolute atomic E-state index is 0.0974. The molecular formula is C21H31N5O2. The first kappa shape index (κ1) is 19.3. The van der Waals surface area contributed by atoms with Crippen LogP contribution in [0.1, 0.15) is 55.9 Å². The number of pyridine rings is 1. The summed E-state index contributed by atoms with van der Waals surface area (Å²) in [5.41, 5.74) is 2.29. The smallest absolute Gasteiger partial charge is 0.255 e. The van der Waals surface area contributed by atoms with Gasteiger partial charge in [-0.2, -0.15) is 0 Å². The summed E-state index contributed by atoms with van der Waals surface area (Å²) in [5.74, 6) is 0.0974. The number of rotatable bonds is 5. The highest BCUT2D eigenvalue weighted by atomic mass is 16.5. The van der Waals surface area contributed by atoms with E-state index in [1.165, 1.54) is 6.42 Å². The second-order valence-electron chi connectivity index (χ2n) is 8.20. The first-order valence-corrected chi connectivity index (χ1v) is 10.6. The van der Waals surface area contributed by atoms with Gasteiger partial charge in [0.1, 0.15) is 5.52 Å². The van der Waals surface area contributed by atoms with E-state index < -0.39 is 0 Å². The maximum atomic E-state index is 13.3. The van der Waals surface area contributed by atoms with Crippen LogP contribution < -0.4 is 0 Å². The van der Waals surface area contributed by atoms with E-state index in [4.69, 9.17) is 4.74 Å². The van der Waals surface area contributed by atoms with Crippen molar-refractivity contribution in [3.8, 4) is 0 Å². The second kappa shape index (κ2) is 8.57. The average Bonchev–Trinajstić information content (AvgIpc) is 3.16. The fraction of sp³-hybridized carbons (Fsp3) is 0.667. The number of piperidine rings is 1. The number of carbonyl (C=O) groups excluding carboxylic acids is 1. The van der Waals surface area contributed by atoms with Crippen LogP contribution in [0.25, 0.3) is 11.2 Å². The molecule has 0 radical (unpaired) electrons. The molecule has 0 aliphatic carbocycles. The predicted molar refractivity (Wildman–Crippen MR) is 108 cm³/mol. The molecule has 0 spiro atoms. The average molecular weight is 386 g/mol. The highest BCUT2D eigenvalue weighted by Gasteiger charge is 2.28. The van der Waals surface area contributed by atoms with Gasteiger partial charge in [-0.3, -0.25) is 9.69 Å². The zero-order valence-electron chi connectivity index (χ0n) is 17.0. The summed E-state index contributed by atoms with van der Waals surface area (Å²) >= 11 is 0. The lowest BCUT2D eigenvalue weighted by molar-refractivity contribution is 0.0295. The molecule has 7 nitrogen and oxygen atoms in total. The van der Waals surface area contributed by atoms with Crippen molar-refractivity contribution in [2.24, 2.45) is 0 Å². The van der Waals surface area contributed by atoms with Crippen LogP contribution in [0, 0.1) is 0 Å². The van der Waals surface area contributed by atoms with E-state index in [-0.39, 0.29) is 5.91 Å². The number of morpholine rings is 1. The molecule has 4 heterocycles. The normalized spacial score (nSPS) is 21.5. The predicted octanol–water partition coefficient (Wildman–Crippen LogP) is 2.73. The van der Waals surface area contributed by atoms with E-state index in [1.54, 1.807) is 6.20 Å². The number of likely N-dealkylation sites (tertiary alicyclic amines) is 1. The van der Waals surface area contributed by atoms with Crippen LogP contribution >= 0.6 is 0 Å². The molecule has 2 fully saturated rings. The van der Waals surface area contributed by atoms with Gasteiger partial charge in [-0.25, -0.2) is 9.97 Å². The number of hydrogen-bond donors (Lipinski definition) is 0. The molecule has 2 aromatic rings. The first-order chi connectivity index (χ1) is 13.6. The Morgan fingerprint density at radius 1 is 1.21 bits per heavy atom. The molecule has 2 saturated heterocycles. The molecule has 4 rings (SSSR count). The quantitative estimate of drug-likeness (QED) is 0.792. The van der Waals surface area contributed by atoms with Gasteiger partial charge in [-0.05, 0) is 45.6 Å². The van der Waals surface area contributed by atoms with E-state index in [1.807, 2.05) is 17.0 Å². The topological polar surface area (TPSA) is 63.5 Å². The SMILES string of the molecule is CC(C)n1cnc2cc(C(=O)N3CCCCC3CCN3CCOCC3)cnc21. The van der Waals surface area contributed by atoms with E-state index in [0.717, 1.165) is 69.8 Å². The number of aromatic nitrogens is 3. The third kappa shape index (κ3) is 4.05. The molecule has 152 valence electrons. The number of hydrogen-bond acceptors (Lipinski definition) is 5. The standard InChI is InChI=1S/C21H31N5O2/c1-16(2)26-15-23-19-13-17(14-22-20(19)26)21(27)25-7-4-3-5-18(25)6-8-24-9-11-28-12-10-24/h13-16,18H,3-12H2,1-2H3. The van der Waals surface area contributed by atoms with Crippen LogP contribution in [-0.4, -0.2) is 75.7 Å². The van der Waals surface area contributed by atoms with Gasteiger partial charge in [0, 0.05) is 44.5 Å². The van der Waals surface area contributed by atoms with E-state index in [2.05, 4.69) is 33.6 Å². The number of imidazole rings is 1. The van der Waals surface area contributed by atoms with Gasteiger partial charge in [-0.1, -0.05) is 0 Å². The first-order valence-electron chi connectivity index (χ1n) is 10.6. The minimum Gasteiger partial charge on any atom is -0.379 e. The Kier molecular flexibility index (Phi) is 5.92. The highest BCUT2D eigenvalue weighted by Crippen LogP contribution is 2.24. The van der Waals surface area contributed by atoms with Crippen molar-refractivity contribution in [1.29, 1.82) is 0 Å². The monoisotopic (exact) mass is 385 g/mol. The zero-order valence-corrected chi connectivity index (χ0v) is 17.0. The van der Waals surface area contributed by atoms with E-state index >= 15 is 0 Å². The summed E-state index contributed by atoms with van der Waals surface area (Å²) in [6.07, 6.45) is 7.93. The fourth-order valence-electron chi connectivity index (χ4n) is 4.30. The van der Waals surface area contributed by atoms with Crippen molar-refractivity contribution >= 4 is 17.1 Å². The van der Waals surface area contributed by atoms with Crippen LogP contribution in [-0.2, 0) is 4.74 Å². The van der Waals surface area contributed by atoms with Crippen molar-refractivity contribution < 1.29 is 9.53 Å². The molecule has 28 heavy (non-hydrogen) atoms. The van der Waals surface area contributed by atoms with Crippen molar-refractivity contribution in [2.45, 2.75) is 51.6 Å².